The summed E-state index contributed by atoms with van der Waals surface area (Å²) in [7, 11) is 0. The van der Waals surface area contributed by atoms with E-state index >= 15 is 0 Å². The summed E-state index contributed by atoms with van der Waals surface area (Å²) >= 11 is 0. The molecular formula is C22H22F2N6O2. The van der Waals surface area contributed by atoms with Crippen molar-refractivity contribution in [2.75, 3.05) is 29.0 Å². The van der Waals surface area contributed by atoms with Crippen LogP contribution in [0.4, 0.5) is 25.8 Å². The highest BCUT2D eigenvalue weighted by molar-refractivity contribution is 6.07. The number of rotatable bonds is 4. The van der Waals surface area contributed by atoms with Gasteiger partial charge in [0.15, 0.2) is 5.69 Å². The lowest BCUT2D eigenvalue weighted by Crippen LogP contribution is -2.51. The summed E-state index contributed by atoms with van der Waals surface area (Å²) < 4.78 is 28.4. The average molecular weight is 440 g/mol. The Morgan fingerprint density at radius 1 is 1.19 bits per heavy atom. The molecule has 8 nitrogen and oxygen atoms in total. The van der Waals surface area contributed by atoms with E-state index in [9.17, 15) is 18.7 Å². The van der Waals surface area contributed by atoms with Crippen molar-refractivity contribution in [1.29, 1.82) is 0 Å². The molecule has 0 saturated carbocycles. The third-order valence-electron chi connectivity index (χ3n) is 5.37. The highest BCUT2D eigenvalue weighted by atomic mass is 19.1. The van der Waals surface area contributed by atoms with Crippen LogP contribution >= 0.6 is 0 Å². The van der Waals surface area contributed by atoms with Gasteiger partial charge in [0.05, 0.1) is 40.6 Å². The smallest absolute Gasteiger partial charge is 0.276 e. The third kappa shape index (κ3) is 4.23. The molecule has 0 spiro atoms. The number of benzene rings is 1. The molecule has 2 aromatic heterocycles. The normalized spacial score (nSPS) is 18.4. The molecule has 10 heteroatoms. The Hall–Kier alpha value is -3.63. The van der Waals surface area contributed by atoms with Crippen molar-refractivity contribution >= 4 is 23.0 Å². The summed E-state index contributed by atoms with van der Waals surface area (Å²) in [4.78, 5) is 23.1. The van der Waals surface area contributed by atoms with Crippen molar-refractivity contribution in [3.05, 3.63) is 66.1 Å². The van der Waals surface area contributed by atoms with E-state index in [4.69, 9.17) is 11.5 Å². The standard InChI is InChI=1S/C22H22F2N6O2/c23-12-2-1-3-13(24)20(12)16-5-4-14(25)21(28-16)22(32)29-17-10-27-8-6-18(17)30-9-7-19(31)15(26)11-30/h1-6,8,10,15,19,31H,7,9,11,25-26H2,(H,29,32)/t15?,19-/m1/s1. The summed E-state index contributed by atoms with van der Waals surface area (Å²) in [5.41, 5.74) is 12.5. The number of piperidine rings is 1. The summed E-state index contributed by atoms with van der Waals surface area (Å²) in [6.45, 7) is 0.945. The average Bonchev–Trinajstić information content (AvgIpc) is 2.77. The molecule has 0 bridgehead atoms. The number of nitrogens with zero attached hydrogens (tertiary/aromatic N) is 3. The Morgan fingerprint density at radius 2 is 1.94 bits per heavy atom. The lowest BCUT2D eigenvalue weighted by molar-refractivity contribution is 0.102. The van der Waals surface area contributed by atoms with Crippen LogP contribution in [0.25, 0.3) is 11.3 Å². The van der Waals surface area contributed by atoms with Gasteiger partial charge in [-0.1, -0.05) is 6.07 Å². The van der Waals surface area contributed by atoms with Gasteiger partial charge in [-0.05, 0) is 36.8 Å². The van der Waals surface area contributed by atoms with Crippen molar-refractivity contribution in [3.63, 3.8) is 0 Å². The highest BCUT2D eigenvalue weighted by Crippen LogP contribution is 2.29. The third-order valence-corrected chi connectivity index (χ3v) is 5.37. The summed E-state index contributed by atoms with van der Waals surface area (Å²) in [6, 6.07) is 7.49. The van der Waals surface area contributed by atoms with Gasteiger partial charge in [0.25, 0.3) is 5.91 Å². The Balaban J connectivity index is 1.63. The number of pyridine rings is 2. The second-order valence-electron chi connectivity index (χ2n) is 7.54. The molecule has 166 valence electrons. The molecule has 1 amide bonds. The van der Waals surface area contributed by atoms with Crippen LogP contribution in [0.15, 0.2) is 48.8 Å². The number of nitrogens with one attached hydrogen (secondary N) is 1. The van der Waals surface area contributed by atoms with Gasteiger partial charge >= 0.3 is 0 Å². The lowest BCUT2D eigenvalue weighted by Gasteiger charge is -2.36. The SMILES string of the molecule is Nc1ccc(-c2c(F)cccc2F)nc1C(=O)Nc1cnccc1N1CC[C@@H](O)C(N)C1. The molecule has 1 unspecified atom stereocenters. The number of carbonyl (C=O) groups is 1. The van der Waals surface area contributed by atoms with Gasteiger partial charge in [0, 0.05) is 25.3 Å². The number of hydrogen-bond donors (Lipinski definition) is 4. The van der Waals surface area contributed by atoms with Crippen LogP contribution < -0.4 is 21.7 Å². The second kappa shape index (κ2) is 8.85. The predicted molar refractivity (Wildman–Crippen MR) is 117 cm³/mol. The molecule has 0 radical (unpaired) electrons. The largest absolute Gasteiger partial charge is 0.397 e. The molecule has 1 aromatic carbocycles. The highest BCUT2D eigenvalue weighted by Gasteiger charge is 2.27. The van der Waals surface area contributed by atoms with Crippen LogP contribution in [0.2, 0.25) is 0 Å². The molecule has 1 fully saturated rings. The first-order chi connectivity index (χ1) is 15.3. The number of aliphatic hydroxyl groups is 1. The first-order valence-electron chi connectivity index (χ1n) is 10.00. The Morgan fingerprint density at radius 3 is 2.66 bits per heavy atom. The maximum Gasteiger partial charge on any atom is 0.276 e. The molecule has 1 saturated heterocycles. The van der Waals surface area contributed by atoms with E-state index in [2.05, 4.69) is 15.3 Å². The van der Waals surface area contributed by atoms with E-state index in [1.165, 1.54) is 24.4 Å². The number of hydrogen-bond acceptors (Lipinski definition) is 7. The van der Waals surface area contributed by atoms with Gasteiger partial charge in [-0.25, -0.2) is 13.8 Å². The summed E-state index contributed by atoms with van der Waals surface area (Å²) in [6.07, 6.45) is 2.95. The van der Waals surface area contributed by atoms with E-state index in [1.54, 1.807) is 12.3 Å². The van der Waals surface area contributed by atoms with Crippen molar-refractivity contribution in [2.45, 2.75) is 18.6 Å². The topological polar surface area (TPSA) is 130 Å². The Kier molecular flexibility index (Phi) is 5.97. The molecule has 2 atom stereocenters. The minimum absolute atomic E-state index is 0.0524. The molecule has 0 aliphatic carbocycles. The molecule has 1 aliphatic rings. The summed E-state index contributed by atoms with van der Waals surface area (Å²) in [5, 5.41) is 12.6. The van der Waals surface area contributed by atoms with Crippen LogP contribution in [0.3, 0.4) is 0 Å². The molecule has 6 N–H and O–H groups in total. The molecule has 4 rings (SSSR count). The monoisotopic (exact) mass is 440 g/mol. The zero-order chi connectivity index (χ0) is 22.8. The maximum absolute atomic E-state index is 14.2. The number of aliphatic hydroxyl groups excluding tert-OH is 1. The number of nitrogens with two attached hydrogens (primary N) is 2. The number of amides is 1. The zero-order valence-corrected chi connectivity index (χ0v) is 17.0. The fraction of sp³-hybridized carbons (Fsp3) is 0.227. The Bertz CT molecular complexity index is 1140. The first-order valence-corrected chi connectivity index (χ1v) is 10.00. The van der Waals surface area contributed by atoms with E-state index in [0.29, 0.717) is 30.9 Å². The predicted octanol–water partition coefficient (Wildman–Crippen LogP) is 2.15. The van der Waals surface area contributed by atoms with Gasteiger partial charge in [0.2, 0.25) is 0 Å². The van der Waals surface area contributed by atoms with Crippen molar-refractivity contribution < 1.29 is 18.7 Å². The minimum atomic E-state index is -0.799. The van der Waals surface area contributed by atoms with Crippen LogP contribution in [0.5, 0.6) is 0 Å². The van der Waals surface area contributed by atoms with Gasteiger partial charge in [-0.15, -0.1) is 0 Å². The fourth-order valence-corrected chi connectivity index (χ4v) is 3.66. The zero-order valence-electron chi connectivity index (χ0n) is 17.0. The number of carbonyl (C=O) groups excluding carboxylic acids is 1. The quantitative estimate of drug-likeness (QED) is 0.489. The molecule has 3 heterocycles. The van der Waals surface area contributed by atoms with E-state index in [0.717, 1.165) is 12.1 Å². The Labute approximate surface area is 182 Å². The van der Waals surface area contributed by atoms with Gasteiger partial charge in [0.1, 0.15) is 11.6 Å². The fourth-order valence-electron chi connectivity index (χ4n) is 3.66. The number of nitrogen functional groups attached to an aromatic ring is 1. The van der Waals surface area contributed by atoms with Crippen molar-refractivity contribution in [2.24, 2.45) is 5.73 Å². The van der Waals surface area contributed by atoms with Gasteiger partial charge in [-0.3, -0.25) is 9.78 Å². The lowest BCUT2D eigenvalue weighted by atomic mass is 10.0. The molecule has 1 aliphatic heterocycles. The number of halogens is 2. The van der Waals surface area contributed by atoms with E-state index in [-0.39, 0.29) is 22.6 Å². The van der Waals surface area contributed by atoms with E-state index < -0.39 is 29.7 Å². The van der Waals surface area contributed by atoms with Crippen molar-refractivity contribution in [1.82, 2.24) is 9.97 Å². The van der Waals surface area contributed by atoms with Crippen LogP contribution in [0.1, 0.15) is 16.9 Å². The van der Waals surface area contributed by atoms with Crippen LogP contribution in [0, 0.1) is 11.6 Å². The van der Waals surface area contributed by atoms with E-state index in [1.807, 2.05) is 4.90 Å². The van der Waals surface area contributed by atoms with Crippen molar-refractivity contribution in [3.8, 4) is 11.3 Å². The number of anilines is 3. The molecular weight excluding hydrogens is 418 g/mol. The van der Waals surface area contributed by atoms with Crippen LogP contribution in [-0.2, 0) is 0 Å². The number of aromatic nitrogens is 2. The second-order valence-corrected chi connectivity index (χ2v) is 7.54. The summed E-state index contributed by atoms with van der Waals surface area (Å²) in [5.74, 6) is -2.25. The van der Waals surface area contributed by atoms with Gasteiger partial charge in [-0.2, -0.15) is 0 Å². The molecule has 3 aromatic rings. The maximum atomic E-state index is 14.2. The van der Waals surface area contributed by atoms with Crippen LogP contribution in [-0.4, -0.2) is 46.2 Å². The van der Waals surface area contributed by atoms with Gasteiger partial charge < -0.3 is 26.8 Å². The minimum Gasteiger partial charge on any atom is -0.397 e. The molecule has 32 heavy (non-hydrogen) atoms. The first kappa shape index (κ1) is 21.6.